The van der Waals surface area contributed by atoms with Gasteiger partial charge in [-0.05, 0) is 6.08 Å². The summed E-state index contributed by atoms with van der Waals surface area (Å²) in [7, 11) is 1.43. The van der Waals surface area contributed by atoms with E-state index in [0.29, 0.717) is 5.70 Å². The molecule has 4 heteroatoms. The van der Waals surface area contributed by atoms with Crippen LogP contribution in [0, 0.1) is 17.2 Å². The highest BCUT2D eigenvalue weighted by atomic mass is 16.5. The van der Waals surface area contributed by atoms with Crippen LogP contribution >= 0.6 is 0 Å². The van der Waals surface area contributed by atoms with Crippen molar-refractivity contribution in [3.63, 3.8) is 0 Å². The molecule has 4 nitrogen and oxygen atoms in total. The molecule has 0 heterocycles. The van der Waals surface area contributed by atoms with Crippen LogP contribution in [0.2, 0.25) is 0 Å². The molecule has 1 aliphatic carbocycles. The molecule has 0 saturated carbocycles. The molecule has 0 bridgehead atoms. The first-order valence-electron chi connectivity index (χ1n) is 3.53. The van der Waals surface area contributed by atoms with Gasteiger partial charge in [-0.3, -0.25) is 5.73 Å². The normalized spacial score (nSPS) is 34.1. The van der Waals surface area contributed by atoms with Crippen molar-refractivity contribution in [3.8, 4) is 6.07 Å². The highest BCUT2D eigenvalue weighted by molar-refractivity contribution is 5.31. The fourth-order valence-electron chi connectivity index (χ4n) is 1.11. The van der Waals surface area contributed by atoms with Crippen molar-refractivity contribution in [1.82, 2.24) is 0 Å². The number of allylic oxidation sites excluding steroid dienone is 2. The number of ether oxygens (including phenoxy) is 1. The lowest BCUT2D eigenvalue weighted by molar-refractivity contribution is 0.00601. The molecule has 0 spiro atoms. The van der Waals surface area contributed by atoms with E-state index in [-0.39, 0.29) is 0 Å². The summed E-state index contributed by atoms with van der Waals surface area (Å²) < 4.78 is 5.01. The van der Waals surface area contributed by atoms with Crippen molar-refractivity contribution < 1.29 is 4.74 Å². The molecule has 0 radical (unpaired) electrons. The molecule has 4 N–H and O–H groups in total. The zero-order valence-electron chi connectivity index (χ0n) is 6.82. The van der Waals surface area contributed by atoms with E-state index >= 15 is 0 Å². The topological polar surface area (TPSA) is 85.1 Å². The van der Waals surface area contributed by atoms with Gasteiger partial charge < -0.3 is 10.5 Å². The SMILES string of the molecule is COC1(N)C(N)=CC=CC1C#N. The van der Waals surface area contributed by atoms with Crippen LogP contribution in [-0.2, 0) is 4.74 Å². The highest BCUT2D eigenvalue weighted by Gasteiger charge is 2.37. The summed E-state index contributed by atoms with van der Waals surface area (Å²) in [5.41, 5.74) is 10.6. The van der Waals surface area contributed by atoms with E-state index in [1.54, 1.807) is 18.2 Å². The number of nitriles is 1. The molecule has 64 valence electrons. The van der Waals surface area contributed by atoms with Gasteiger partial charge in [-0.1, -0.05) is 12.2 Å². The Bertz CT molecular complexity index is 277. The molecule has 0 aromatic heterocycles. The van der Waals surface area contributed by atoms with Gasteiger partial charge in [0, 0.05) is 7.11 Å². The van der Waals surface area contributed by atoms with Crippen LogP contribution in [0.1, 0.15) is 0 Å². The lowest BCUT2D eigenvalue weighted by atomic mass is 9.90. The van der Waals surface area contributed by atoms with Crippen molar-refractivity contribution in [3.05, 3.63) is 23.9 Å². The number of nitrogens with two attached hydrogens (primary N) is 2. The Labute approximate surface area is 71.1 Å². The van der Waals surface area contributed by atoms with Gasteiger partial charge in [0.25, 0.3) is 0 Å². The lowest BCUT2D eigenvalue weighted by Crippen LogP contribution is -2.53. The molecular formula is C8H11N3O. The zero-order valence-corrected chi connectivity index (χ0v) is 6.82. The van der Waals surface area contributed by atoms with Gasteiger partial charge in [0.2, 0.25) is 0 Å². The summed E-state index contributed by atoms with van der Waals surface area (Å²) in [4.78, 5) is 0. The molecule has 0 aliphatic heterocycles. The Balaban J connectivity index is 3.03. The second-order valence-corrected chi connectivity index (χ2v) is 2.61. The van der Waals surface area contributed by atoms with E-state index in [2.05, 4.69) is 0 Å². The van der Waals surface area contributed by atoms with Gasteiger partial charge in [-0.2, -0.15) is 5.26 Å². The minimum absolute atomic E-state index is 0.374. The third-order valence-electron chi connectivity index (χ3n) is 1.97. The quantitative estimate of drug-likeness (QED) is 0.529. The fourth-order valence-corrected chi connectivity index (χ4v) is 1.11. The molecule has 0 aromatic rings. The fraction of sp³-hybridized carbons (Fsp3) is 0.375. The first kappa shape index (κ1) is 8.78. The van der Waals surface area contributed by atoms with Crippen molar-refractivity contribution in [2.75, 3.05) is 7.11 Å². The third kappa shape index (κ3) is 1.09. The van der Waals surface area contributed by atoms with Crippen LogP contribution in [0.4, 0.5) is 0 Å². The summed E-state index contributed by atoms with van der Waals surface area (Å²) in [6.45, 7) is 0. The van der Waals surface area contributed by atoms with E-state index < -0.39 is 11.6 Å². The monoisotopic (exact) mass is 165 g/mol. The Morgan fingerprint density at radius 1 is 1.75 bits per heavy atom. The van der Waals surface area contributed by atoms with Crippen molar-refractivity contribution in [1.29, 1.82) is 5.26 Å². The van der Waals surface area contributed by atoms with Gasteiger partial charge in [0.15, 0.2) is 5.72 Å². The van der Waals surface area contributed by atoms with E-state index in [1.807, 2.05) is 6.07 Å². The Hall–Kier alpha value is -1.31. The maximum atomic E-state index is 8.73. The number of hydrogen-bond donors (Lipinski definition) is 2. The van der Waals surface area contributed by atoms with Crippen LogP contribution in [0.3, 0.4) is 0 Å². The van der Waals surface area contributed by atoms with Crippen molar-refractivity contribution in [2.24, 2.45) is 17.4 Å². The molecule has 1 aliphatic rings. The minimum atomic E-state index is -1.16. The molecule has 0 saturated heterocycles. The van der Waals surface area contributed by atoms with E-state index in [0.717, 1.165) is 0 Å². The van der Waals surface area contributed by atoms with Crippen LogP contribution < -0.4 is 11.5 Å². The first-order valence-corrected chi connectivity index (χ1v) is 3.53. The molecular weight excluding hydrogens is 154 g/mol. The van der Waals surface area contributed by atoms with Crippen LogP contribution in [0.25, 0.3) is 0 Å². The summed E-state index contributed by atoms with van der Waals surface area (Å²) >= 11 is 0. The number of hydrogen-bond acceptors (Lipinski definition) is 4. The third-order valence-corrected chi connectivity index (χ3v) is 1.97. The summed E-state index contributed by atoms with van der Waals surface area (Å²) in [6.07, 6.45) is 5.00. The summed E-state index contributed by atoms with van der Waals surface area (Å²) in [5, 5.41) is 8.73. The lowest BCUT2D eigenvalue weighted by Gasteiger charge is -2.32. The van der Waals surface area contributed by atoms with Crippen LogP contribution in [0.15, 0.2) is 23.9 Å². The summed E-state index contributed by atoms with van der Waals surface area (Å²) in [6, 6.07) is 2.02. The van der Waals surface area contributed by atoms with E-state index in [4.69, 9.17) is 21.5 Å². The molecule has 2 unspecified atom stereocenters. The molecule has 0 aromatic carbocycles. The average Bonchev–Trinajstić information content (AvgIpc) is 2.10. The largest absolute Gasteiger partial charge is 0.399 e. The smallest absolute Gasteiger partial charge is 0.176 e. The standard InChI is InChI=1S/C8H11N3O/c1-12-8(11)6(5-9)3-2-4-7(8)10/h2-4,6H,10-11H2,1H3. The number of rotatable bonds is 1. The average molecular weight is 165 g/mol. The second-order valence-electron chi connectivity index (χ2n) is 2.61. The number of nitrogens with zero attached hydrogens (tertiary/aromatic N) is 1. The Kier molecular flexibility index (Phi) is 2.18. The van der Waals surface area contributed by atoms with Crippen molar-refractivity contribution in [2.45, 2.75) is 5.72 Å². The molecule has 2 atom stereocenters. The van der Waals surface area contributed by atoms with Crippen LogP contribution in [0.5, 0.6) is 0 Å². The maximum absolute atomic E-state index is 8.73. The van der Waals surface area contributed by atoms with Crippen LogP contribution in [-0.4, -0.2) is 12.8 Å². The summed E-state index contributed by atoms with van der Waals surface area (Å²) in [5.74, 6) is -0.521. The van der Waals surface area contributed by atoms with Gasteiger partial charge in [0.1, 0.15) is 5.92 Å². The number of methoxy groups -OCH3 is 1. The molecule has 1 rings (SSSR count). The zero-order chi connectivity index (χ0) is 9.19. The van der Waals surface area contributed by atoms with Gasteiger partial charge in [-0.15, -0.1) is 0 Å². The second kappa shape index (κ2) is 2.97. The molecule has 0 amide bonds. The Morgan fingerprint density at radius 3 is 2.83 bits per heavy atom. The van der Waals surface area contributed by atoms with Gasteiger partial charge in [0.05, 0.1) is 11.8 Å². The van der Waals surface area contributed by atoms with Crippen molar-refractivity contribution >= 4 is 0 Å². The highest BCUT2D eigenvalue weighted by Crippen LogP contribution is 2.25. The first-order chi connectivity index (χ1) is 5.65. The predicted molar refractivity (Wildman–Crippen MR) is 44.4 cm³/mol. The predicted octanol–water partition coefficient (Wildman–Crippen LogP) is -0.160. The Morgan fingerprint density at radius 2 is 2.42 bits per heavy atom. The van der Waals surface area contributed by atoms with Gasteiger partial charge >= 0.3 is 0 Å². The minimum Gasteiger partial charge on any atom is -0.399 e. The maximum Gasteiger partial charge on any atom is 0.176 e. The van der Waals surface area contributed by atoms with E-state index in [1.165, 1.54) is 7.11 Å². The molecule has 12 heavy (non-hydrogen) atoms. The molecule has 0 fully saturated rings. The van der Waals surface area contributed by atoms with Gasteiger partial charge in [-0.25, -0.2) is 0 Å². The van der Waals surface area contributed by atoms with E-state index in [9.17, 15) is 0 Å².